The van der Waals surface area contributed by atoms with E-state index in [1.54, 1.807) is 0 Å². The minimum atomic E-state index is -4.95. The average molecular weight is 1230 g/mol. The Kier molecular flexibility index (Phi) is 53.0. The first-order valence-corrected chi connectivity index (χ1v) is 36.2. The van der Waals surface area contributed by atoms with Crippen LogP contribution in [0.25, 0.3) is 0 Å². The molecule has 0 aliphatic rings. The van der Waals surface area contributed by atoms with Gasteiger partial charge in [-0.15, -0.1) is 0 Å². The largest absolute Gasteiger partial charge is 0.472 e. The molecule has 0 fully saturated rings. The lowest BCUT2D eigenvalue weighted by Crippen LogP contribution is -2.30. The molecule has 17 nitrogen and oxygen atoms in total. The van der Waals surface area contributed by atoms with E-state index in [2.05, 4.69) is 55.4 Å². The predicted octanol–water partition coefficient (Wildman–Crippen LogP) is 17.4. The van der Waals surface area contributed by atoms with E-state index in [9.17, 15) is 43.2 Å². The van der Waals surface area contributed by atoms with Gasteiger partial charge < -0.3 is 33.8 Å². The molecule has 0 aliphatic carbocycles. The fraction of sp³-hybridized carbons (Fsp3) is 0.938. The van der Waals surface area contributed by atoms with Gasteiger partial charge in [-0.25, -0.2) is 9.13 Å². The van der Waals surface area contributed by atoms with Crippen molar-refractivity contribution in [1.82, 2.24) is 0 Å². The molecular weight excluding hydrogens is 1100 g/mol. The van der Waals surface area contributed by atoms with Gasteiger partial charge in [0.15, 0.2) is 12.2 Å². The van der Waals surface area contributed by atoms with Gasteiger partial charge >= 0.3 is 39.5 Å². The number of aliphatic hydroxyl groups excluding tert-OH is 1. The molecule has 0 aromatic heterocycles. The van der Waals surface area contributed by atoms with Crippen molar-refractivity contribution in [1.29, 1.82) is 0 Å². The first-order chi connectivity index (χ1) is 39.6. The highest BCUT2D eigenvalue weighted by molar-refractivity contribution is 7.47. The monoisotopic (exact) mass is 1230 g/mol. The zero-order chi connectivity index (χ0) is 61.8. The lowest BCUT2D eigenvalue weighted by molar-refractivity contribution is -0.161. The zero-order valence-electron chi connectivity index (χ0n) is 53.8. The normalized spacial score (nSPS) is 14.8. The molecule has 0 radical (unpaired) electrons. The van der Waals surface area contributed by atoms with Crippen LogP contribution in [-0.4, -0.2) is 96.7 Å². The van der Waals surface area contributed by atoms with Crippen molar-refractivity contribution in [3.8, 4) is 0 Å². The summed E-state index contributed by atoms with van der Waals surface area (Å²) in [5.74, 6) is 0.737. The fourth-order valence-electron chi connectivity index (χ4n) is 9.40. The van der Waals surface area contributed by atoms with Gasteiger partial charge in [0.1, 0.15) is 19.3 Å². The second kappa shape index (κ2) is 54.2. The maximum atomic E-state index is 13.0. The number of phosphoric ester groups is 2. The average Bonchev–Trinajstić information content (AvgIpc) is 3.43. The van der Waals surface area contributed by atoms with Crippen molar-refractivity contribution >= 4 is 39.5 Å². The van der Waals surface area contributed by atoms with Crippen LogP contribution in [0.4, 0.5) is 0 Å². The van der Waals surface area contributed by atoms with Crippen molar-refractivity contribution < 1.29 is 80.2 Å². The minimum absolute atomic E-state index is 0.102. The predicted molar refractivity (Wildman–Crippen MR) is 331 cm³/mol. The first kappa shape index (κ1) is 81.1. The third-order valence-corrected chi connectivity index (χ3v) is 16.8. The third-order valence-electron chi connectivity index (χ3n) is 14.9. The summed E-state index contributed by atoms with van der Waals surface area (Å²) in [5.41, 5.74) is 0. The molecular formula is C64H124O17P2. The van der Waals surface area contributed by atoms with Gasteiger partial charge in [-0.2, -0.15) is 0 Å². The Morgan fingerprint density at radius 3 is 0.855 bits per heavy atom. The second-order valence-electron chi connectivity index (χ2n) is 24.8. The molecule has 0 amide bonds. The van der Waals surface area contributed by atoms with Crippen LogP contribution in [0.1, 0.15) is 306 Å². The minimum Gasteiger partial charge on any atom is -0.462 e. The number of aliphatic hydroxyl groups is 1. The molecule has 0 aromatic carbocycles. The van der Waals surface area contributed by atoms with E-state index < -0.39 is 97.5 Å². The van der Waals surface area contributed by atoms with E-state index in [1.807, 2.05) is 0 Å². The third kappa shape index (κ3) is 57.6. The number of unbranched alkanes of at least 4 members (excludes halogenated alkanes) is 26. The number of rotatable bonds is 61. The van der Waals surface area contributed by atoms with E-state index >= 15 is 0 Å². The maximum absolute atomic E-state index is 13.0. The second-order valence-corrected chi connectivity index (χ2v) is 27.7. The SMILES string of the molecule is CCC(C)CCCCCCCCC(=O)O[C@H](COC(=O)CCCCCCCCCCCC(C)C)COP(=O)(O)OC[C@@H](O)COP(=O)(O)OC[C@@H](COC(=O)CCCCCCCCC(C)C)OC(=O)CCCCCCCCCCCC(C)C. The Bertz CT molecular complexity index is 1660. The van der Waals surface area contributed by atoms with Gasteiger partial charge in [-0.05, 0) is 49.4 Å². The van der Waals surface area contributed by atoms with E-state index in [1.165, 1.54) is 103 Å². The zero-order valence-corrected chi connectivity index (χ0v) is 55.6. The highest BCUT2D eigenvalue weighted by Gasteiger charge is 2.30. The van der Waals surface area contributed by atoms with Crippen molar-refractivity contribution in [3.63, 3.8) is 0 Å². The van der Waals surface area contributed by atoms with Crippen molar-refractivity contribution in [2.75, 3.05) is 39.6 Å². The molecule has 0 heterocycles. The molecule has 0 aromatic rings. The van der Waals surface area contributed by atoms with Crippen LogP contribution in [0, 0.1) is 23.7 Å². The molecule has 0 spiro atoms. The summed E-state index contributed by atoms with van der Waals surface area (Å²) in [7, 11) is -9.89. The van der Waals surface area contributed by atoms with Gasteiger partial charge in [0.05, 0.1) is 26.4 Å². The molecule has 492 valence electrons. The fourth-order valence-corrected chi connectivity index (χ4v) is 11.0. The van der Waals surface area contributed by atoms with Crippen molar-refractivity contribution in [2.24, 2.45) is 23.7 Å². The lowest BCUT2D eigenvalue weighted by Gasteiger charge is -2.21. The van der Waals surface area contributed by atoms with Crippen LogP contribution in [0.2, 0.25) is 0 Å². The number of hydrogen-bond donors (Lipinski definition) is 3. The number of esters is 4. The number of carbonyl (C=O) groups is 4. The summed E-state index contributed by atoms with van der Waals surface area (Å²) in [6.07, 6.45) is 33.7. The highest BCUT2D eigenvalue weighted by atomic mass is 31.2. The summed E-state index contributed by atoms with van der Waals surface area (Å²) in [5, 5.41) is 10.5. The molecule has 3 unspecified atom stereocenters. The topological polar surface area (TPSA) is 237 Å². The quantitative estimate of drug-likeness (QED) is 0.0222. The summed E-state index contributed by atoms with van der Waals surface area (Å²) in [6, 6.07) is 0. The van der Waals surface area contributed by atoms with E-state index in [-0.39, 0.29) is 25.7 Å². The van der Waals surface area contributed by atoms with Crippen molar-refractivity contribution in [3.05, 3.63) is 0 Å². The van der Waals surface area contributed by atoms with Crippen LogP contribution in [0.3, 0.4) is 0 Å². The van der Waals surface area contributed by atoms with E-state index in [4.69, 9.17) is 37.0 Å². The van der Waals surface area contributed by atoms with Crippen molar-refractivity contribution in [2.45, 2.75) is 324 Å². The molecule has 0 saturated carbocycles. The molecule has 0 saturated heterocycles. The molecule has 3 N–H and O–H groups in total. The molecule has 0 bridgehead atoms. The molecule has 0 aliphatic heterocycles. The van der Waals surface area contributed by atoms with Crippen LogP contribution in [0.15, 0.2) is 0 Å². The standard InChI is InChI=1S/C64H124O17P2/c1-9-57(8)43-35-27-21-23-31-39-47-64(69)81-60(50-74-61(66)44-36-28-18-14-10-12-16-24-32-40-54(2)3)53-79-83(72,73)77-49-58(65)48-76-82(70,71)78-52-59(51-75-62(67)45-37-29-22-20-26-34-42-56(6)7)80-63(68)46-38-30-19-15-11-13-17-25-33-41-55(4)5/h54-60,65H,9-53H2,1-8H3,(H,70,71)(H,72,73)/t57?,58-,59+,60+/m0/s1. The number of ether oxygens (including phenoxy) is 4. The number of carbonyl (C=O) groups excluding carboxylic acids is 4. The van der Waals surface area contributed by atoms with Gasteiger partial charge in [-0.1, -0.05) is 254 Å². The van der Waals surface area contributed by atoms with Crippen LogP contribution in [-0.2, 0) is 65.4 Å². The Morgan fingerprint density at radius 2 is 0.578 bits per heavy atom. The summed E-state index contributed by atoms with van der Waals surface area (Å²) in [6.45, 7) is 13.9. The molecule has 19 heteroatoms. The Hall–Kier alpha value is -1.94. The summed E-state index contributed by atoms with van der Waals surface area (Å²) < 4.78 is 68.0. The van der Waals surface area contributed by atoms with Crippen LogP contribution >= 0.6 is 15.6 Å². The Balaban J connectivity index is 5.25. The molecule has 83 heavy (non-hydrogen) atoms. The van der Waals surface area contributed by atoms with E-state index in [0.717, 1.165) is 114 Å². The summed E-state index contributed by atoms with van der Waals surface area (Å²) in [4.78, 5) is 72.2. The van der Waals surface area contributed by atoms with Gasteiger partial charge in [0, 0.05) is 25.7 Å². The van der Waals surface area contributed by atoms with Gasteiger partial charge in [0.2, 0.25) is 0 Å². The van der Waals surface area contributed by atoms with E-state index in [0.29, 0.717) is 31.6 Å². The number of phosphoric acid groups is 2. The smallest absolute Gasteiger partial charge is 0.462 e. The van der Waals surface area contributed by atoms with Crippen LogP contribution < -0.4 is 0 Å². The lowest BCUT2D eigenvalue weighted by atomic mass is 10.00. The van der Waals surface area contributed by atoms with Crippen LogP contribution in [0.5, 0.6) is 0 Å². The highest BCUT2D eigenvalue weighted by Crippen LogP contribution is 2.45. The molecule has 0 rings (SSSR count). The number of hydrogen-bond acceptors (Lipinski definition) is 15. The first-order valence-electron chi connectivity index (χ1n) is 33.2. The maximum Gasteiger partial charge on any atom is 0.472 e. The Labute approximate surface area is 505 Å². The summed E-state index contributed by atoms with van der Waals surface area (Å²) >= 11 is 0. The molecule has 6 atom stereocenters. The Morgan fingerprint density at radius 1 is 0.337 bits per heavy atom. The van der Waals surface area contributed by atoms with Gasteiger partial charge in [0.25, 0.3) is 0 Å². The van der Waals surface area contributed by atoms with Gasteiger partial charge in [-0.3, -0.25) is 37.3 Å².